The summed E-state index contributed by atoms with van der Waals surface area (Å²) in [6.45, 7) is 2.22. The lowest BCUT2D eigenvalue weighted by molar-refractivity contribution is -0.122. The number of aromatic nitrogens is 1. The fourth-order valence-corrected chi connectivity index (χ4v) is 7.24. The highest BCUT2D eigenvalue weighted by Crippen LogP contribution is 2.35. The van der Waals surface area contributed by atoms with Crippen LogP contribution in [0.25, 0.3) is 0 Å². The molecule has 2 aliphatic carbocycles. The summed E-state index contributed by atoms with van der Waals surface area (Å²) < 4.78 is 0. The lowest BCUT2D eigenvalue weighted by Crippen LogP contribution is -2.36. The van der Waals surface area contributed by atoms with Crippen LogP contribution in [0.1, 0.15) is 103 Å². The standard InChI is InChI=1S/C26H42N2OS2/c1-21(30-31-26-13-6-7-20-27-26)14-19-25(29)28-24-17-15-22-9-4-2-3-5-10-23(16-18-24)12-8-11-22/h6-7,13,20-24H,2-5,8-12,14-19H2,1H3,(H,28,29). The van der Waals surface area contributed by atoms with Crippen LogP contribution in [-0.2, 0) is 4.79 Å². The quantitative estimate of drug-likeness (QED) is 0.420. The molecule has 3 rings (SSSR count). The van der Waals surface area contributed by atoms with E-state index in [4.69, 9.17) is 0 Å². The van der Waals surface area contributed by atoms with Crippen LogP contribution in [0.15, 0.2) is 29.4 Å². The molecule has 2 bridgehead atoms. The second-order valence-corrected chi connectivity index (χ2v) is 12.4. The molecule has 2 fully saturated rings. The Morgan fingerprint density at radius 3 is 2.29 bits per heavy atom. The summed E-state index contributed by atoms with van der Waals surface area (Å²) in [5.41, 5.74) is 0. The average molecular weight is 463 g/mol. The Labute approximate surface area is 198 Å². The van der Waals surface area contributed by atoms with E-state index in [1.165, 1.54) is 83.5 Å². The average Bonchev–Trinajstić information content (AvgIpc) is 2.83. The number of nitrogens with zero attached hydrogens (tertiary/aromatic N) is 1. The number of nitrogens with one attached hydrogen (secondary N) is 1. The van der Waals surface area contributed by atoms with Gasteiger partial charge in [-0.15, -0.1) is 0 Å². The molecule has 5 heteroatoms. The summed E-state index contributed by atoms with van der Waals surface area (Å²) in [6, 6.07) is 6.40. The van der Waals surface area contributed by atoms with Gasteiger partial charge in [-0.2, -0.15) is 0 Å². The molecule has 1 amide bonds. The van der Waals surface area contributed by atoms with Crippen molar-refractivity contribution < 1.29 is 4.79 Å². The first kappa shape index (κ1) is 25.0. The van der Waals surface area contributed by atoms with E-state index in [-0.39, 0.29) is 5.91 Å². The molecule has 1 heterocycles. The zero-order valence-corrected chi connectivity index (χ0v) is 21.0. The van der Waals surface area contributed by atoms with Gasteiger partial charge in [-0.25, -0.2) is 4.98 Å². The van der Waals surface area contributed by atoms with Gasteiger partial charge in [0, 0.05) is 23.9 Å². The van der Waals surface area contributed by atoms with E-state index in [1.807, 2.05) is 35.2 Å². The van der Waals surface area contributed by atoms with Crippen molar-refractivity contribution in [2.24, 2.45) is 11.8 Å². The largest absolute Gasteiger partial charge is 0.353 e. The molecule has 1 aromatic rings. The molecule has 0 saturated heterocycles. The van der Waals surface area contributed by atoms with Gasteiger partial charge in [-0.05, 0) is 66.9 Å². The Morgan fingerprint density at radius 2 is 1.65 bits per heavy atom. The molecule has 0 aromatic carbocycles. The predicted octanol–water partition coefficient (Wildman–Crippen LogP) is 7.81. The first-order valence-corrected chi connectivity index (χ1v) is 14.9. The molecule has 174 valence electrons. The van der Waals surface area contributed by atoms with Crippen molar-refractivity contribution in [1.82, 2.24) is 10.3 Å². The summed E-state index contributed by atoms with van der Waals surface area (Å²) in [7, 11) is 3.53. The molecule has 3 atom stereocenters. The SMILES string of the molecule is CC(CCC(=O)NC1CCC2CCCCCCC(CCC2)CC1)SSc1ccccn1. The van der Waals surface area contributed by atoms with E-state index in [0.29, 0.717) is 17.7 Å². The number of hydrogen-bond acceptors (Lipinski definition) is 4. The molecular formula is C26H42N2OS2. The number of amides is 1. The molecule has 0 aliphatic heterocycles. The predicted molar refractivity (Wildman–Crippen MR) is 135 cm³/mol. The molecule has 0 spiro atoms. The summed E-state index contributed by atoms with van der Waals surface area (Å²) in [5.74, 6) is 2.03. The summed E-state index contributed by atoms with van der Waals surface area (Å²) in [5, 5.41) is 4.92. The molecule has 3 unspecified atom stereocenters. The molecular weight excluding hydrogens is 420 g/mol. The third-order valence-electron chi connectivity index (χ3n) is 7.12. The first-order valence-electron chi connectivity index (χ1n) is 12.7. The number of hydrogen-bond donors (Lipinski definition) is 1. The van der Waals surface area contributed by atoms with Gasteiger partial charge in [-0.3, -0.25) is 4.79 Å². The van der Waals surface area contributed by atoms with E-state index in [1.54, 1.807) is 10.8 Å². The van der Waals surface area contributed by atoms with Crippen molar-refractivity contribution in [3.05, 3.63) is 24.4 Å². The number of rotatable bonds is 7. The molecule has 3 nitrogen and oxygen atoms in total. The van der Waals surface area contributed by atoms with Gasteiger partial charge in [-0.1, -0.05) is 81.6 Å². The van der Waals surface area contributed by atoms with Crippen molar-refractivity contribution in [3.63, 3.8) is 0 Å². The number of pyridine rings is 1. The van der Waals surface area contributed by atoms with E-state index in [0.717, 1.165) is 23.3 Å². The molecule has 0 radical (unpaired) electrons. The van der Waals surface area contributed by atoms with Crippen LogP contribution >= 0.6 is 21.6 Å². The van der Waals surface area contributed by atoms with E-state index < -0.39 is 0 Å². The van der Waals surface area contributed by atoms with Gasteiger partial charge in [0.1, 0.15) is 5.03 Å². The Balaban J connectivity index is 1.42. The Bertz CT molecular complexity index is 607. The minimum absolute atomic E-state index is 0.259. The van der Waals surface area contributed by atoms with Crippen molar-refractivity contribution in [3.8, 4) is 0 Å². The fourth-order valence-electron chi connectivity index (χ4n) is 5.15. The Hall–Kier alpha value is -0.680. The van der Waals surface area contributed by atoms with E-state index >= 15 is 0 Å². The number of carbonyl (C=O) groups is 1. The highest BCUT2D eigenvalue weighted by molar-refractivity contribution is 8.76. The van der Waals surface area contributed by atoms with Crippen molar-refractivity contribution >= 4 is 27.5 Å². The smallest absolute Gasteiger partial charge is 0.220 e. The minimum atomic E-state index is 0.259. The van der Waals surface area contributed by atoms with Gasteiger partial charge >= 0.3 is 0 Å². The van der Waals surface area contributed by atoms with Crippen LogP contribution in [-0.4, -0.2) is 22.2 Å². The summed E-state index contributed by atoms with van der Waals surface area (Å²) >= 11 is 0. The molecule has 31 heavy (non-hydrogen) atoms. The number of fused-ring (bicyclic) bond motifs is 4. The van der Waals surface area contributed by atoms with Crippen LogP contribution in [0, 0.1) is 11.8 Å². The monoisotopic (exact) mass is 462 g/mol. The Kier molecular flexibility index (Phi) is 11.6. The van der Waals surface area contributed by atoms with Crippen LogP contribution in [0.5, 0.6) is 0 Å². The van der Waals surface area contributed by atoms with Crippen LogP contribution in [0.4, 0.5) is 0 Å². The second-order valence-electron chi connectivity index (χ2n) is 9.77. The van der Waals surface area contributed by atoms with Crippen molar-refractivity contribution in [2.45, 2.75) is 120 Å². The van der Waals surface area contributed by atoms with Gasteiger partial charge in [0.25, 0.3) is 0 Å². The van der Waals surface area contributed by atoms with E-state index in [9.17, 15) is 4.79 Å². The third kappa shape index (κ3) is 10.2. The maximum Gasteiger partial charge on any atom is 0.220 e. The van der Waals surface area contributed by atoms with Crippen molar-refractivity contribution in [1.29, 1.82) is 0 Å². The summed E-state index contributed by atoms with van der Waals surface area (Å²) in [6.07, 6.45) is 21.2. The van der Waals surface area contributed by atoms with Gasteiger partial charge < -0.3 is 5.32 Å². The van der Waals surface area contributed by atoms with Gasteiger partial charge in [0.05, 0.1) is 0 Å². The van der Waals surface area contributed by atoms with Crippen LogP contribution in [0.3, 0.4) is 0 Å². The zero-order valence-electron chi connectivity index (χ0n) is 19.4. The maximum atomic E-state index is 12.7. The molecule has 1 N–H and O–H groups in total. The van der Waals surface area contributed by atoms with Crippen LogP contribution < -0.4 is 5.32 Å². The minimum Gasteiger partial charge on any atom is -0.353 e. The fraction of sp³-hybridized carbons (Fsp3) is 0.769. The lowest BCUT2D eigenvalue weighted by atomic mass is 9.83. The van der Waals surface area contributed by atoms with Gasteiger partial charge in [0.2, 0.25) is 5.91 Å². The lowest BCUT2D eigenvalue weighted by Gasteiger charge is -2.27. The van der Waals surface area contributed by atoms with E-state index in [2.05, 4.69) is 17.2 Å². The zero-order chi connectivity index (χ0) is 21.7. The normalized spacial score (nSPS) is 26.7. The van der Waals surface area contributed by atoms with Gasteiger partial charge in [0.15, 0.2) is 0 Å². The highest BCUT2D eigenvalue weighted by atomic mass is 33.1. The van der Waals surface area contributed by atoms with Crippen molar-refractivity contribution in [2.75, 3.05) is 0 Å². The second kappa shape index (κ2) is 14.5. The third-order valence-corrected chi connectivity index (χ3v) is 9.98. The summed E-state index contributed by atoms with van der Waals surface area (Å²) in [4.78, 5) is 17.1. The molecule has 1 aromatic heterocycles. The van der Waals surface area contributed by atoms with Crippen LogP contribution in [0.2, 0.25) is 0 Å². The topological polar surface area (TPSA) is 42.0 Å². The Morgan fingerprint density at radius 1 is 0.968 bits per heavy atom. The number of carbonyl (C=O) groups excluding carboxylic acids is 1. The molecule has 2 saturated carbocycles. The highest BCUT2D eigenvalue weighted by Gasteiger charge is 2.21. The molecule has 2 aliphatic rings. The first-order chi connectivity index (χ1) is 15.2. The maximum absolute atomic E-state index is 12.7.